The standard InChI is InChI=1S/C13H19NO2/c1-4-10-7-5-6-8-11(10)12(13(15)16)14-9(2)3/h5-9,12,14H,4H2,1-3H3,(H,15,16). The van der Waals surface area contributed by atoms with Crippen molar-refractivity contribution in [1.82, 2.24) is 5.32 Å². The number of rotatable bonds is 5. The van der Waals surface area contributed by atoms with Gasteiger partial charge in [-0.3, -0.25) is 10.1 Å². The van der Waals surface area contributed by atoms with Crippen LogP contribution in [0.25, 0.3) is 0 Å². The summed E-state index contributed by atoms with van der Waals surface area (Å²) in [6.45, 7) is 5.93. The van der Waals surface area contributed by atoms with Crippen LogP contribution in [0.15, 0.2) is 24.3 Å². The number of hydrogen-bond donors (Lipinski definition) is 2. The number of carbonyl (C=O) groups is 1. The van der Waals surface area contributed by atoms with Crippen LogP contribution in [-0.4, -0.2) is 17.1 Å². The summed E-state index contributed by atoms with van der Waals surface area (Å²) in [7, 11) is 0. The topological polar surface area (TPSA) is 49.3 Å². The third kappa shape index (κ3) is 3.07. The summed E-state index contributed by atoms with van der Waals surface area (Å²) in [6, 6.07) is 7.21. The van der Waals surface area contributed by atoms with E-state index in [1.807, 2.05) is 45.0 Å². The lowest BCUT2D eigenvalue weighted by Crippen LogP contribution is -2.34. The lowest BCUT2D eigenvalue weighted by atomic mass is 9.98. The molecule has 2 N–H and O–H groups in total. The molecule has 1 rings (SSSR count). The fraction of sp³-hybridized carbons (Fsp3) is 0.462. The van der Waals surface area contributed by atoms with E-state index in [-0.39, 0.29) is 6.04 Å². The molecule has 1 atom stereocenters. The molecule has 0 saturated heterocycles. The third-order valence-corrected chi connectivity index (χ3v) is 2.49. The first-order chi connectivity index (χ1) is 7.56. The molecule has 16 heavy (non-hydrogen) atoms. The average Bonchev–Trinajstić information content (AvgIpc) is 2.25. The average molecular weight is 221 g/mol. The first-order valence-electron chi connectivity index (χ1n) is 5.63. The van der Waals surface area contributed by atoms with E-state index in [2.05, 4.69) is 5.32 Å². The van der Waals surface area contributed by atoms with E-state index in [9.17, 15) is 9.90 Å². The molecule has 0 aliphatic rings. The van der Waals surface area contributed by atoms with Crippen molar-refractivity contribution in [3.05, 3.63) is 35.4 Å². The molecule has 3 heteroatoms. The van der Waals surface area contributed by atoms with Gasteiger partial charge in [-0.15, -0.1) is 0 Å². The van der Waals surface area contributed by atoms with Gasteiger partial charge in [0, 0.05) is 6.04 Å². The van der Waals surface area contributed by atoms with Crippen molar-refractivity contribution >= 4 is 5.97 Å². The number of aryl methyl sites for hydroxylation is 1. The monoisotopic (exact) mass is 221 g/mol. The largest absolute Gasteiger partial charge is 0.480 e. The van der Waals surface area contributed by atoms with E-state index in [0.29, 0.717) is 0 Å². The van der Waals surface area contributed by atoms with E-state index < -0.39 is 12.0 Å². The van der Waals surface area contributed by atoms with Crippen LogP contribution in [0.1, 0.15) is 37.9 Å². The number of carboxylic acids is 1. The Morgan fingerprint density at radius 2 is 2.00 bits per heavy atom. The summed E-state index contributed by atoms with van der Waals surface area (Å²) < 4.78 is 0. The SMILES string of the molecule is CCc1ccccc1C(NC(C)C)C(=O)O. The molecule has 0 radical (unpaired) electrons. The van der Waals surface area contributed by atoms with Crippen LogP contribution in [0.4, 0.5) is 0 Å². The van der Waals surface area contributed by atoms with Crippen LogP contribution in [0, 0.1) is 0 Å². The number of carboxylic acid groups (broad SMARTS) is 1. The van der Waals surface area contributed by atoms with Crippen molar-refractivity contribution < 1.29 is 9.90 Å². The van der Waals surface area contributed by atoms with Gasteiger partial charge < -0.3 is 5.11 Å². The highest BCUT2D eigenvalue weighted by molar-refractivity contribution is 5.76. The predicted octanol–water partition coefficient (Wildman–Crippen LogP) is 2.37. The molecule has 0 heterocycles. The Kier molecular flexibility index (Phi) is 4.50. The van der Waals surface area contributed by atoms with Crippen LogP contribution >= 0.6 is 0 Å². The number of benzene rings is 1. The molecule has 1 unspecified atom stereocenters. The van der Waals surface area contributed by atoms with E-state index in [1.165, 1.54) is 0 Å². The molecule has 0 fully saturated rings. The van der Waals surface area contributed by atoms with Gasteiger partial charge in [0.1, 0.15) is 6.04 Å². The van der Waals surface area contributed by atoms with Gasteiger partial charge in [0.25, 0.3) is 0 Å². The van der Waals surface area contributed by atoms with E-state index in [0.717, 1.165) is 17.5 Å². The van der Waals surface area contributed by atoms with Crippen LogP contribution in [0.3, 0.4) is 0 Å². The van der Waals surface area contributed by atoms with Gasteiger partial charge in [0.05, 0.1) is 0 Å². The van der Waals surface area contributed by atoms with Crippen molar-refractivity contribution in [2.75, 3.05) is 0 Å². The maximum atomic E-state index is 11.2. The van der Waals surface area contributed by atoms with Gasteiger partial charge in [0.2, 0.25) is 0 Å². The van der Waals surface area contributed by atoms with Crippen molar-refractivity contribution in [1.29, 1.82) is 0 Å². The minimum Gasteiger partial charge on any atom is -0.480 e. The first kappa shape index (κ1) is 12.7. The van der Waals surface area contributed by atoms with Crippen LogP contribution in [0.2, 0.25) is 0 Å². The van der Waals surface area contributed by atoms with Gasteiger partial charge in [-0.05, 0) is 31.4 Å². The number of nitrogens with one attached hydrogen (secondary N) is 1. The molecule has 0 spiro atoms. The molecular formula is C13H19NO2. The van der Waals surface area contributed by atoms with Crippen molar-refractivity contribution in [2.24, 2.45) is 0 Å². The summed E-state index contributed by atoms with van der Waals surface area (Å²) in [6.07, 6.45) is 0.847. The third-order valence-electron chi connectivity index (χ3n) is 2.49. The molecule has 3 nitrogen and oxygen atoms in total. The molecule has 88 valence electrons. The predicted molar refractivity (Wildman–Crippen MR) is 64.5 cm³/mol. The summed E-state index contributed by atoms with van der Waals surface area (Å²) >= 11 is 0. The Morgan fingerprint density at radius 1 is 1.38 bits per heavy atom. The molecule has 0 aromatic heterocycles. The molecule has 0 aliphatic heterocycles. The summed E-state index contributed by atoms with van der Waals surface area (Å²) in [5.41, 5.74) is 1.95. The van der Waals surface area contributed by atoms with Gasteiger partial charge in [-0.2, -0.15) is 0 Å². The second-order valence-corrected chi connectivity index (χ2v) is 4.14. The summed E-state index contributed by atoms with van der Waals surface area (Å²) in [5.74, 6) is -0.824. The lowest BCUT2D eigenvalue weighted by molar-refractivity contribution is -0.139. The molecule has 1 aromatic rings. The molecule has 0 bridgehead atoms. The minimum absolute atomic E-state index is 0.144. The minimum atomic E-state index is -0.824. The number of hydrogen-bond acceptors (Lipinski definition) is 2. The maximum absolute atomic E-state index is 11.2. The molecule has 0 saturated carbocycles. The Hall–Kier alpha value is -1.35. The smallest absolute Gasteiger partial charge is 0.325 e. The highest BCUT2D eigenvalue weighted by atomic mass is 16.4. The zero-order chi connectivity index (χ0) is 12.1. The Bertz CT molecular complexity index is 361. The highest BCUT2D eigenvalue weighted by Gasteiger charge is 2.22. The fourth-order valence-corrected chi connectivity index (χ4v) is 1.77. The van der Waals surface area contributed by atoms with Crippen LogP contribution in [-0.2, 0) is 11.2 Å². The van der Waals surface area contributed by atoms with Crippen molar-refractivity contribution in [3.8, 4) is 0 Å². The maximum Gasteiger partial charge on any atom is 0.325 e. The summed E-state index contributed by atoms with van der Waals surface area (Å²) in [4.78, 5) is 11.2. The normalized spacial score (nSPS) is 12.8. The van der Waals surface area contributed by atoms with Crippen LogP contribution in [0.5, 0.6) is 0 Å². The zero-order valence-electron chi connectivity index (χ0n) is 10.0. The van der Waals surface area contributed by atoms with E-state index in [1.54, 1.807) is 0 Å². The van der Waals surface area contributed by atoms with E-state index >= 15 is 0 Å². The second-order valence-electron chi connectivity index (χ2n) is 4.14. The van der Waals surface area contributed by atoms with Crippen molar-refractivity contribution in [2.45, 2.75) is 39.3 Å². The lowest BCUT2D eigenvalue weighted by Gasteiger charge is -2.20. The van der Waals surface area contributed by atoms with Crippen LogP contribution < -0.4 is 5.32 Å². The van der Waals surface area contributed by atoms with Gasteiger partial charge in [-0.25, -0.2) is 0 Å². The number of aliphatic carboxylic acids is 1. The zero-order valence-corrected chi connectivity index (χ0v) is 10.0. The molecular weight excluding hydrogens is 202 g/mol. The Labute approximate surface area is 96.5 Å². The molecule has 1 aromatic carbocycles. The Balaban J connectivity index is 3.05. The first-order valence-corrected chi connectivity index (χ1v) is 5.63. The quantitative estimate of drug-likeness (QED) is 0.802. The molecule has 0 amide bonds. The fourth-order valence-electron chi connectivity index (χ4n) is 1.77. The molecule has 0 aliphatic carbocycles. The Morgan fingerprint density at radius 3 is 2.50 bits per heavy atom. The van der Waals surface area contributed by atoms with Gasteiger partial charge in [0.15, 0.2) is 0 Å². The van der Waals surface area contributed by atoms with E-state index in [4.69, 9.17) is 0 Å². The van der Waals surface area contributed by atoms with Crippen molar-refractivity contribution in [3.63, 3.8) is 0 Å². The summed E-state index contributed by atoms with van der Waals surface area (Å²) in [5, 5.41) is 12.3. The highest BCUT2D eigenvalue weighted by Crippen LogP contribution is 2.19. The van der Waals surface area contributed by atoms with Gasteiger partial charge in [-0.1, -0.05) is 31.2 Å². The van der Waals surface area contributed by atoms with Gasteiger partial charge >= 0.3 is 5.97 Å². The second kappa shape index (κ2) is 5.66.